The van der Waals surface area contributed by atoms with Gasteiger partial charge in [-0.1, -0.05) is 30.3 Å². The predicted molar refractivity (Wildman–Crippen MR) is 137 cm³/mol. The van der Waals surface area contributed by atoms with Crippen LogP contribution < -0.4 is 10.2 Å². The number of nitrogens with zero attached hydrogens (tertiary/aromatic N) is 6. The number of carbonyl (C=O) groups excluding carboxylic acids is 2. The van der Waals surface area contributed by atoms with Gasteiger partial charge < -0.3 is 15.2 Å². The molecular formula is C27H19F3N8O2. The molecule has 2 aromatic carbocycles. The molecule has 0 saturated heterocycles. The van der Waals surface area contributed by atoms with Gasteiger partial charge in [-0.15, -0.1) is 0 Å². The van der Waals surface area contributed by atoms with Crippen LogP contribution in [-0.4, -0.2) is 41.5 Å². The molecule has 10 nitrogen and oxygen atoms in total. The fourth-order valence-electron chi connectivity index (χ4n) is 5.85. The van der Waals surface area contributed by atoms with Gasteiger partial charge in [-0.25, -0.2) is 15.0 Å². The highest BCUT2D eigenvalue weighted by molar-refractivity contribution is 6.16. The number of H-pyrrole nitrogens is 1. The lowest BCUT2D eigenvalue weighted by molar-refractivity contribution is -0.137. The van der Waals surface area contributed by atoms with Gasteiger partial charge in [-0.05, 0) is 36.2 Å². The molecule has 40 heavy (non-hydrogen) atoms. The minimum atomic E-state index is -4.52. The highest BCUT2D eigenvalue weighted by Crippen LogP contribution is 2.53. The summed E-state index contributed by atoms with van der Waals surface area (Å²) in [6.07, 6.45) is -1.92. The Balaban J connectivity index is 1.40. The molecule has 0 unspecified atom stereocenters. The number of aromatic nitrogens is 6. The van der Waals surface area contributed by atoms with Crippen molar-refractivity contribution in [2.24, 2.45) is 0 Å². The van der Waals surface area contributed by atoms with Crippen molar-refractivity contribution in [3.8, 4) is 5.82 Å². The summed E-state index contributed by atoms with van der Waals surface area (Å²) in [6, 6.07) is 11.9. The van der Waals surface area contributed by atoms with Crippen molar-refractivity contribution in [3.05, 3.63) is 89.1 Å². The lowest BCUT2D eigenvalue weighted by atomic mass is 9.70. The monoisotopic (exact) mass is 544 g/mol. The molecular weight excluding hydrogens is 525 g/mol. The summed E-state index contributed by atoms with van der Waals surface area (Å²) in [4.78, 5) is 44.8. The van der Waals surface area contributed by atoms with Gasteiger partial charge in [0.25, 0.3) is 0 Å². The van der Waals surface area contributed by atoms with Crippen LogP contribution in [0.25, 0.3) is 17.0 Å². The number of carbonyl (C=O) groups is 2. The molecule has 5 aromatic rings. The molecule has 7 rings (SSSR count). The molecule has 2 aliphatic rings. The number of aryl methyl sites for hydroxylation is 1. The Bertz CT molecular complexity index is 1860. The minimum Gasteiger partial charge on any atom is -0.340 e. The normalized spacial score (nSPS) is 18.4. The Morgan fingerprint density at radius 1 is 1.05 bits per heavy atom. The van der Waals surface area contributed by atoms with E-state index >= 15 is 0 Å². The molecule has 13 heteroatoms. The molecule has 0 bridgehead atoms. The van der Waals surface area contributed by atoms with Gasteiger partial charge in [0.05, 0.1) is 24.1 Å². The van der Waals surface area contributed by atoms with Crippen molar-refractivity contribution in [3.63, 3.8) is 0 Å². The fourth-order valence-corrected chi connectivity index (χ4v) is 5.85. The van der Waals surface area contributed by atoms with Gasteiger partial charge in [-0.3, -0.25) is 9.59 Å². The molecule has 1 atom stereocenters. The van der Waals surface area contributed by atoms with Crippen LogP contribution in [0.2, 0.25) is 0 Å². The second kappa shape index (κ2) is 8.21. The molecule has 5 heterocycles. The number of nitrogens with one attached hydrogen (secondary N) is 2. The number of alkyl halides is 3. The Morgan fingerprint density at radius 3 is 2.70 bits per heavy atom. The SMILES string of the molecule is Cc1nn(-c2ncnc3nc[nH]c23)c2c1[C@@]1(CC(=O)N2)C(=O)N(Cc2cccc(C(F)(F)F)c2)c2ccccc21. The van der Waals surface area contributed by atoms with Crippen molar-refractivity contribution in [2.75, 3.05) is 10.2 Å². The first-order chi connectivity index (χ1) is 19.2. The van der Waals surface area contributed by atoms with Gasteiger partial charge in [0.1, 0.15) is 23.1 Å². The summed E-state index contributed by atoms with van der Waals surface area (Å²) >= 11 is 0. The Labute approximate surface area is 223 Å². The van der Waals surface area contributed by atoms with Gasteiger partial charge in [0.2, 0.25) is 11.8 Å². The number of benzene rings is 2. The molecule has 2 amide bonds. The third kappa shape index (κ3) is 3.30. The van der Waals surface area contributed by atoms with E-state index in [2.05, 4.69) is 30.4 Å². The first-order valence-electron chi connectivity index (χ1n) is 12.3. The highest BCUT2D eigenvalue weighted by Gasteiger charge is 2.58. The Kier molecular flexibility index (Phi) is 4.93. The van der Waals surface area contributed by atoms with E-state index in [9.17, 15) is 22.8 Å². The number of aromatic amines is 1. The van der Waals surface area contributed by atoms with E-state index in [1.54, 1.807) is 37.3 Å². The second-order valence-corrected chi connectivity index (χ2v) is 9.76. The van der Waals surface area contributed by atoms with E-state index in [0.717, 1.165) is 12.1 Å². The average molecular weight is 544 g/mol. The largest absolute Gasteiger partial charge is 0.416 e. The number of para-hydroxylation sites is 1. The zero-order valence-electron chi connectivity index (χ0n) is 20.8. The maximum absolute atomic E-state index is 14.4. The van der Waals surface area contributed by atoms with E-state index < -0.39 is 29.0 Å². The van der Waals surface area contributed by atoms with Crippen LogP contribution in [-0.2, 0) is 27.7 Å². The molecule has 2 aliphatic heterocycles. The van der Waals surface area contributed by atoms with Gasteiger partial charge in [0, 0.05) is 17.7 Å². The Hall–Kier alpha value is -5.07. The third-order valence-electron chi connectivity index (χ3n) is 7.43. The molecule has 0 radical (unpaired) electrons. The van der Waals surface area contributed by atoms with Gasteiger partial charge >= 0.3 is 6.18 Å². The number of rotatable bonds is 3. The standard InChI is InChI=1S/C27H19F3N8O2/c1-14-20-23(38(36-14)24-21-22(32-12-31-21)33-13-34-24)35-19(39)10-26(20)17-7-2-3-8-18(17)37(25(26)40)11-15-5-4-6-16(9-15)27(28,29)30/h2-9,12-13H,10-11H2,1H3,(H,35,39)(H,31,32,33,34)/t26-/m0/s1. The molecule has 1 spiro atoms. The van der Waals surface area contributed by atoms with Crippen molar-refractivity contribution in [2.45, 2.75) is 31.5 Å². The lowest BCUT2D eigenvalue weighted by Crippen LogP contribution is -2.46. The van der Waals surface area contributed by atoms with Crippen LogP contribution in [0, 0.1) is 6.92 Å². The molecule has 0 fully saturated rings. The maximum Gasteiger partial charge on any atom is 0.416 e. The number of fused-ring (bicyclic) bond motifs is 5. The lowest BCUT2D eigenvalue weighted by Gasteiger charge is -2.33. The van der Waals surface area contributed by atoms with Crippen molar-refractivity contribution < 1.29 is 22.8 Å². The van der Waals surface area contributed by atoms with Crippen molar-refractivity contribution in [1.29, 1.82) is 0 Å². The quantitative estimate of drug-likeness (QED) is 0.354. The zero-order chi connectivity index (χ0) is 27.8. The van der Waals surface area contributed by atoms with Gasteiger partial charge in [0.15, 0.2) is 11.5 Å². The van der Waals surface area contributed by atoms with E-state index in [0.29, 0.717) is 45.1 Å². The van der Waals surface area contributed by atoms with E-state index in [-0.39, 0.29) is 18.8 Å². The summed E-state index contributed by atoms with van der Waals surface area (Å²) in [5.74, 6) is -0.206. The smallest absolute Gasteiger partial charge is 0.340 e. The third-order valence-corrected chi connectivity index (χ3v) is 7.43. The molecule has 0 aliphatic carbocycles. The van der Waals surface area contributed by atoms with Crippen LogP contribution >= 0.6 is 0 Å². The van der Waals surface area contributed by atoms with Gasteiger partial charge in [-0.2, -0.15) is 23.0 Å². The summed E-state index contributed by atoms with van der Waals surface area (Å²) in [5, 5.41) is 7.54. The summed E-state index contributed by atoms with van der Waals surface area (Å²) in [7, 11) is 0. The first-order valence-corrected chi connectivity index (χ1v) is 12.3. The summed E-state index contributed by atoms with van der Waals surface area (Å²) in [6.45, 7) is 1.64. The topological polar surface area (TPSA) is 122 Å². The molecule has 3 aromatic heterocycles. The van der Waals surface area contributed by atoms with E-state index in [1.165, 1.54) is 28.3 Å². The average Bonchev–Trinajstić information content (AvgIpc) is 3.60. The van der Waals surface area contributed by atoms with Crippen LogP contribution in [0.15, 0.2) is 61.2 Å². The highest BCUT2D eigenvalue weighted by atomic mass is 19.4. The molecule has 0 saturated carbocycles. The number of imidazole rings is 1. The zero-order valence-corrected chi connectivity index (χ0v) is 20.8. The van der Waals surface area contributed by atoms with Crippen LogP contribution in [0.3, 0.4) is 0 Å². The fraction of sp³-hybridized carbons (Fsp3) is 0.185. The van der Waals surface area contributed by atoms with E-state index in [1.807, 2.05) is 0 Å². The number of hydrogen-bond acceptors (Lipinski definition) is 6. The first kappa shape index (κ1) is 24.0. The maximum atomic E-state index is 14.4. The van der Waals surface area contributed by atoms with Crippen molar-refractivity contribution in [1.82, 2.24) is 29.7 Å². The van der Waals surface area contributed by atoms with Crippen molar-refractivity contribution >= 4 is 34.5 Å². The number of anilines is 2. The Morgan fingerprint density at radius 2 is 1.88 bits per heavy atom. The minimum absolute atomic E-state index is 0.105. The summed E-state index contributed by atoms with van der Waals surface area (Å²) in [5.41, 5.74) is 1.07. The van der Waals surface area contributed by atoms with Crippen LogP contribution in [0.5, 0.6) is 0 Å². The number of hydrogen-bond donors (Lipinski definition) is 2. The molecule has 200 valence electrons. The predicted octanol–water partition coefficient (Wildman–Crippen LogP) is 4.04. The summed E-state index contributed by atoms with van der Waals surface area (Å²) < 4.78 is 41.7. The van der Waals surface area contributed by atoms with E-state index in [4.69, 9.17) is 0 Å². The molecule has 2 N–H and O–H groups in total. The van der Waals surface area contributed by atoms with Crippen LogP contribution in [0.1, 0.15) is 34.4 Å². The second-order valence-electron chi connectivity index (χ2n) is 9.76. The number of halogens is 3. The van der Waals surface area contributed by atoms with Crippen LogP contribution in [0.4, 0.5) is 24.7 Å². The number of amides is 2.